The molecule has 5 nitrogen and oxygen atoms in total. The number of halogens is 3. The van der Waals surface area contributed by atoms with Crippen molar-refractivity contribution in [1.82, 2.24) is 9.55 Å². The van der Waals surface area contributed by atoms with Crippen molar-refractivity contribution in [2.45, 2.75) is 33.0 Å². The summed E-state index contributed by atoms with van der Waals surface area (Å²) in [5.41, 5.74) is 0.673. The van der Waals surface area contributed by atoms with Crippen LogP contribution in [0.25, 0.3) is 11.0 Å². The molecule has 0 bridgehead atoms. The molecule has 0 radical (unpaired) electrons. The first kappa shape index (κ1) is 19.7. The average molecular weight is 391 g/mol. The van der Waals surface area contributed by atoms with Gasteiger partial charge in [0.1, 0.15) is 18.1 Å². The third kappa shape index (κ3) is 4.27. The Hall–Kier alpha value is -3.03. The van der Waals surface area contributed by atoms with Gasteiger partial charge < -0.3 is 14.6 Å². The zero-order valence-corrected chi connectivity index (χ0v) is 15.5. The van der Waals surface area contributed by atoms with Crippen LogP contribution < -0.4 is 10.1 Å². The van der Waals surface area contributed by atoms with Crippen LogP contribution in [0.4, 0.5) is 18.9 Å². The predicted molar refractivity (Wildman–Crippen MR) is 100 cm³/mol. The first-order chi connectivity index (χ1) is 13.3. The fourth-order valence-electron chi connectivity index (χ4n) is 2.87. The van der Waals surface area contributed by atoms with E-state index in [2.05, 4.69) is 10.3 Å². The standard InChI is InChI=1S/C20H20F3N3O2/c1-3-10-28-18-9-8-14(20(21,22)23)11-16(18)25-19(27)12-26-13(2)24-15-6-4-5-7-17(15)26/h4-9,11H,3,10,12H2,1-2H3,(H,25,27). The molecule has 0 atom stereocenters. The normalized spacial score (nSPS) is 11.6. The van der Waals surface area contributed by atoms with Gasteiger partial charge in [-0.15, -0.1) is 0 Å². The molecule has 0 fully saturated rings. The van der Waals surface area contributed by atoms with Crippen LogP contribution in [-0.4, -0.2) is 22.1 Å². The summed E-state index contributed by atoms with van der Waals surface area (Å²) < 4.78 is 46.4. The molecule has 1 amide bonds. The maximum atomic E-state index is 13.1. The minimum Gasteiger partial charge on any atom is -0.491 e. The van der Waals surface area contributed by atoms with E-state index >= 15 is 0 Å². The van der Waals surface area contributed by atoms with Gasteiger partial charge in [-0.05, 0) is 43.7 Å². The molecule has 3 rings (SSSR count). The minimum atomic E-state index is -4.51. The van der Waals surface area contributed by atoms with E-state index in [9.17, 15) is 18.0 Å². The number of ether oxygens (including phenoxy) is 1. The molecular weight excluding hydrogens is 371 g/mol. The molecule has 3 aromatic rings. The highest BCUT2D eigenvalue weighted by atomic mass is 19.4. The molecule has 2 aromatic carbocycles. The molecule has 0 saturated carbocycles. The number of nitrogens with zero attached hydrogens (tertiary/aromatic N) is 2. The summed E-state index contributed by atoms with van der Waals surface area (Å²) >= 11 is 0. The minimum absolute atomic E-state index is 0.00431. The van der Waals surface area contributed by atoms with Gasteiger partial charge in [-0.2, -0.15) is 13.2 Å². The summed E-state index contributed by atoms with van der Waals surface area (Å²) in [7, 11) is 0. The lowest BCUT2D eigenvalue weighted by Gasteiger charge is -2.15. The van der Waals surface area contributed by atoms with Gasteiger partial charge in [-0.3, -0.25) is 4.79 Å². The molecule has 8 heteroatoms. The second kappa shape index (κ2) is 7.92. The Kier molecular flexibility index (Phi) is 5.58. The number of hydrogen-bond donors (Lipinski definition) is 1. The number of nitrogens with one attached hydrogen (secondary N) is 1. The number of amides is 1. The lowest BCUT2D eigenvalue weighted by molar-refractivity contribution is -0.137. The molecule has 0 aliphatic rings. The van der Waals surface area contributed by atoms with Crippen molar-refractivity contribution in [3.8, 4) is 5.75 Å². The van der Waals surface area contributed by atoms with Crippen LogP contribution in [0, 0.1) is 6.92 Å². The molecule has 0 saturated heterocycles. The first-order valence-electron chi connectivity index (χ1n) is 8.85. The Morgan fingerprint density at radius 3 is 2.68 bits per heavy atom. The lowest BCUT2D eigenvalue weighted by Crippen LogP contribution is -2.20. The van der Waals surface area contributed by atoms with Crippen molar-refractivity contribution in [2.75, 3.05) is 11.9 Å². The lowest BCUT2D eigenvalue weighted by atomic mass is 10.1. The Bertz CT molecular complexity index is 996. The number of imidazole rings is 1. The highest BCUT2D eigenvalue weighted by Gasteiger charge is 2.31. The number of alkyl halides is 3. The SMILES string of the molecule is CCCOc1ccc(C(F)(F)F)cc1NC(=O)Cn1c(C)nc2ccccc21. The number of anilines is 1. The second-order valence-electron chi connectivity index (χ2n) is 6.34. The van der Waals surface area contributed by atoms with Crippen LogP contribution in [0.1, 0.15) is 24.7 Å². The Morgan fingerprint density at radius 1 is 1.21 bits per heavy atom. The van der Waals surface area contributed by atoms with E-state index in [1.54, 1.807) is 11.5 Å². The van der Waals surface area contributed by atoms with E-state index < -0.39 is 17.6 Å². The number of para-hydroxylation sites is 2. The van der Waals surface area contributed by atoms with E-state index in [0.29, 0.717) is 18.9 Å². The quantitative estimate of drug-likeness (QED) is 0.657. The Balaban J connectivity index is 1.86. The molecule has 1 N–H and O–H groups in total. The van der Waals surface area contributed by atoms with Gasteiger partial charge in [-0.25, -0.2) is 4.98 Å². The van der Waals surface area contributed by atoms with Crippen LogP contribution in [0.2, 0.25) is 0 Å². The fraction of sp³-hybridized carbons (Fsp3) is 0.300. The maximum absolute atomic E-state index is 13.1. The van der Waals surface area contributed by atoms with Crippen molar-refractivity contribution in [3.05, 3.63) is 53.9 Å². The molecule has 148 valence electrons. The molecule has 0 spiro atoms. The molecule has 1 heterocycles. The summed E-state index contributed by atoms with van der Waals surface area (Å²) in [5.74, 6) is 0.380. The van der Waals surface area contributed by atoms with Crippen LogP contribution in [0.5, 0.6) is 5.75 Å². The average Bonchev–Trinajstić information content (AvgIpc) is 2.95. The van der Waals surface area contributed by atoms with E-state index in [0.717, 1.165) is 23.2 Å². The first-order valence-corrected chi connectivity index (χ1v) is 8.85. The highest BCUT2D eigenvalue weighted by molar-refractivity contribution is 5.93. The summed E-state index contributed by atoms with van der Waals surface area (Å²) in [6.07, 6.45) is -3.82. The summed E-state index contributed by atoms with van der Waals surface area (Å²) in [5, 5.41) is 2.55. The van der Waals surface area contributed by atoms with Crippen molar-refractivity contribution in [3.63, 3.8) is 0 Å². The van der Waals surface area contributed by atoms with Gasteiger partial charge in [0.25, 0.3) is 0 Å². The van der Waals surface area contributed by atoms with E-state index in [-0.39, 0.29) is 18.0 Å². The van der Waals surface area contributed by atoms with E-state index in [1.807, 2.05) is 31.2 Å². The number of carbonyl (C=O) groups excluding carboxylic acids is 1. The molecule has 28 heavy (non-hydrogen) atoms. The van der Waals surface area contributed by atoms with E-state index in [4.69, 9.17) is 4.74 Å². The van der Waals surface area contributed by atoms with Crippen molar-refractivity contribution >= 4 is 22.6 Å². The molecule has 1 aromatic heterocycles. The number of aryl methyl sites for hydroxylation is 1. The number of fused-ring (bicyclic) bond motifs is 1. The van der Waals surface area contributed by atoms with Crippen LogP contribution >= 0.6 is 0 Å². The summed E-state index contributed by atoms with van der Waals surface area (Å²) in [6, 6.07) is 10.4. The second-order valence-corrected chi connectivity index (χ2v) is 6.34. The summed E-state index contributed by atoms with van der Waals surface area (Å²) in [4.78, 5) is 17.0. The molecular formula is C20H20F3N3O2. The van der Waals surface area contributed by atoms with Crippen LogP contribution in [0.3, 0.4) is 0 Å². The largest absolute Gasteiger partial charge is 0.491 e. The van der Waals surface area contributed by atoms with Gasteiger partial charge in [0.15, 0.2) is 0 Å². The number of aromatic nitrogens is 2. The molecule has 0 aliphatic heterocycles. The third-order valence-corrected chi connectivity index (χ3v) is 4.19. The van der Waals surface area contributed by atoms with Crippen molar-refractivity contribution < 1.29 is 22.7 Å². The molecule has 0 unspecified atom stereocenters. The summed E-state index contributed by atoms with van der Waals surface area (Å²) in [6.45, 7) is 3.91. The Labute approximate surface area is 160 Å². The number of benzene rings is 2. The zero-order valence-electron chi connectivity index (χ0n) is 15.5. The van der Waals surface area contributed by atoms with Crippen molar-refractivity contribution in [2.24, 2.45) is 0 Å². The van der Waals surface area contributed by atoms with Crippen LogP contribution in [-0.2, 0) is 17.5 Å². The van der Waals surface area contributed by atoms with Crippen LogP contribution in [0.15, 0.2) is 42.5 Å². The number of rotatable bonds is 6. The van der Waals surface area contributed by atoms with Crippen molar-refractivity contribution in [1.29, 1.82) is 0 Å². The van der Waals surface area contributed by atoms with Gasteiger partial charge in [0.2, 0.25) is 5.91 Å². The highest BCUT2D eigenvalue weighted by Crippen LogP contribution is 2.35. The topological polar surface area (TPSA) is 56.1 Å². The van der Waals surface area contributed by atoms with Gasteiger partial charge in [0, 0.05) is 0 Å². The third-order valence-electron chi connectivity index (χ3n) is 4.19. The number of hydrogen-bond acceptors (Lipinski definition) is 3. The van der Waals surface area contributed by atoms with Gasteiger partial charge >= 0.3 is 6.18 Å². The number of carbonyl (C=O) groups is 1. The zero-order chi connectivity index (χ0) is 20.3. The van der Waals surface area contributed by atoms with Gasteiger partial charge in [-0.1, -0.05) is 19.1 Å². The van der Waals surface area contributed by atoms with E-state index in [1.165, 1.54) is 6.07 Å². The maximum Gasteiger partial charge on any atom is 0.416 e. The smallest absolute Gasteiger partial charge is 0.416 e. The predicted octanol–water partition coefficient (Wildman–Crippen LogP) is 4.79. The molecule has 0 aliphatic carbocycles. The Morgan fingerprint density at radius 2 is 1.96 bits per heavy atom. The monoisotopic (exact) mass is 391 g/mol. The fourth-order valence-corrected chi connectivity index (χ4v) is 2.87. The van der Waals surface area contributed by atoms with Gasteiger partial charge in [0.05, 0.1) is 28.9 Å².